The van der Waals surface area contributed by atoms with Crippen LogP contribution in [0.1, 0.15) is 23.1 Å². The molecule has 0 bridgehead atoms. The molecule has 2 N–H and O–H groups in total. The molecule has 2 aromatic rings. The summed E-state index contributed by atoms with van der Waals surface area (Å²) in [6.07, 6.45) is 0.706. The van der Waals surface area contributed by atoms with Crippen molar-refractivity contribution in [1.82, 2.24) is 4.90 Å². The molecule has 0 atom stereocenters. The predicted molar refractivity (Wildman–Crippen MR) is 99.6 cm³/mol. The lowest BCUT2D eigenvalue weighted by Gasteiger charge is -2.49. The molecule has 1 fully saturated rings. The van der Waals surface area contributed by atoms with Gasteiger partial charge in [-0.05, 0) is 30.7 Å². The van der Waals surface area contributed by atoms with Gasteiger partial charge in [-0.25, -0.2) is 0 Å². The van der Waals surface area contributed by atoms with Crippen molar-refractivity contribution < 1.29 is 19.7 Å². The summed E-state index contributed by atoms with van der Waals surface area (Å²) in [6.45, 7) is 2.42. The number of likely N-dealkylation sites (N-methyl/N-ethyl adjacent to an activating group) is 1. The summed E-state index contributed by atoms with van der Waals surface area (Å²) in [5.74, 6) is -0.534. The van der Waals surface area contributed by atoms with Gasteiger partial charge < -0.3 is 19.8 Å². The molecular formula is C21H25NO4. The van der Waals surface area contributed by atoms with Gasteiger partial charge in [-0.1, -0.05) is 42.5 Å². The number of aliphatic carboxylic acids is 1. The molecule has 0 radical (unpaired) electrons. The molecule has 3 rings (SSSR count). The average molecular weight is 355 g/mol. The number of phenols is 1. The van der Waals surface area contributed by atoms with Crippen molar-refractivity contribution in [3.8, 4) is 5.75 Å². The molecule has 5 heteroatoms. The molecule has 1 aliphatic heterocycles. The first-order chi connectivity index (χ1) is 12.5. The highest BCUT2D eigenvalue weighted by Gasteiger charge is 2.45. The van der Waals surface area contributed by atoms with E-state index in [1.54, 1.807) is 6.07 Å². The van der Waals surface area contributed by atoms with Crippen LogP contribution >= 0.6 is 0 Å². The third kappa shape index (κ3) is 3.89. The number of carbonyl (C=O) groups is 1. The number of phenolic OH excluding ortho intramolecular Hbond substituents is 1. The van der Waals surface area contributed by atoms with Crippen LogP contribution in [0.25, 0.3) is 0 Å². The number of carboxylic acids is 1. The van der Waals surface area contributed by atoms with E-state index in [4.69, 9.17) is 9.84 Å². The molecule has 0 unspecified atom stereocenters. The molecule has 26 heavy (non-hydrogen) atoms. The van der Waals surface area contributed by atoms with Gasteiger partial charge in [-0.15, -0.1) is 0 Å². The number of hydrogen-bond acceptors (Lipinski definition) is 4. The van der Waals surface area contributed by atoms with Crippen LogP contribution in [0.4, 0.5) is 0 Å². The van der Waals surface area contributed by atoms with Crippen LogP contribution in [0.5, 0.6) is 5.75 Å². The van der Waals surface area contributed by atoms with Crippen molar-refractivity contribution in [1.29, 1.82) is 0 Å². The molecule has 0 saturated carbocycles. The molecular weight excluding hydrogens is 330 g/mol. The quantitative estimate of drug-likeness (QED) is 0.713. The monoisotopic (exact) mass is 355 g/mol. The highest BCUT2D eigenvalue weighted by Crippen LogP contribution is 2.44. The lowest BCUT2D eigenvalue weighted by Crippen LogP contribution is -2.58. The first kappa shape index (κ1) is 18.4. The maximum absolute atomic E-state index is 10.5. The molecule has 1 aliphatic rings. The molecule has 5 nitrogen and oxygen atoms in total. The van der Waals surface area contributed by atoms with Gasteiger partial charge in [-0.2, -0.15) is 0 Å². The lowest BCUT2D eigenvalue weighted by atomic mass is 9.68. The first-order valence-corrected chi connectivity index (χ1v) is 8.87. The number of benzene rings is 2. The van der Waals surface area contributed by atoms with Crippen LogP contribution in [0.2, 0.25) is 0 Å². The van der Waals surface area contributed by atoms with Crippen LogP contribution < -0.4 is 0 Å². The Morgan fingerprint density at radius 1 is 1.15 bits per heavy atom. The van der Waals surface area contributed by atoms with Crippen molar-refractivity contribution in [2.24, 2.45) is 0 Å². The molecule has 0 aromatic heterocycles. The van der Waals surface area contributed by atoms with Gasteiger partial charge in [0.05, 0.1) is 19.6 Å². The lowest BCUT2D eigenvalue weighted by molar-refractivity contribution is -0.138. The van der Waals surface area contributed by atoms with E-state index in [1.165, 1.54) is 5.56 Å². The number of ether oxygens (including phenoxy) is 1. The fourth-order valence-electron chi connectivity index (χ4n) is 3.71. The minimum atomic E-state index is -0.851. The SMILES string of the molecule is CN1CC(c2ccccc2)(c2cc(CCOCCC(=O)O)ccc2O)C1. The van der Waals surface area contributed by atoms with E-state index < -0.39 is 5.97 Å². The largest absolute Gasteiger partial charge is 0.508 e. The van der Waals surface area contributed by atoms with Gasteiger partial charge in [0, 0.05) is 24.1 Å². The second-order valence-electron chi connectivity index (χ2n) is 6.98. The summed E-state index contributed by atoms with van der Waals surface area (Å²) in [5, 5.41) is 19.2. The van der Waals surface area contributed by atoms with Gasteiger partial charge in [0.15, 0.2) is 0 Å². The third-order valence-electron chi connectivity index (χ3n) is 4.98. The van der Waals surface area contributed by atoms with Crippen LogP contribution in [0, 0.1) is 0 Å². The van der Waals surface area contributed by atoms with Gasteiger partial charge in [0.2, 0.25) is 0 Å². The summed E-state index contributed by atoms with van der Waals surface area (Å²) < 4.78 is 5.39. The number of hydrogen-bond donors (Lipinski definition) is 2. The Hall–Kier alpha value is -2.37. The fourth-order valence-corrected chi connectivity index (χ4v) is 3.71. The van der Waals surface area contributed by atoms with Crippen molar-refractivity contribution in [3.63, 3.8) is 0 Å². The van der Waals surface area contributed by atoms with E-state index in [0.29, 0.717) is 18.8 Å². The van der Waals surface area contributed by atoms with Crippen molar-refractivity contribution >= 4 is 5.97 Å². The summed E-state index contributed by atoms with van der Waals surface area (Å²) in [5.41, 5.74) is 3.05. The summed E-state index contributed by atoms with van der Waals surface area (Å²) in [6, 6.07) is 16.0. The topological polar surface area (TPSA) is 70.0 Å². The van der Waals surface area contributed by atoms with Gasteiger partial charge in [0.1, 0.15) is 5.75 Å². The second-order valence-corrected chi connectivity index (χ2v) is 6.98. The van der Waals surface area contributed by atoms with Crippen LogP contribution in [-0.4, -0.2) is 54.4 Å². The number of likely N-dealkylation sites (tertiary alicyclic amines) is 1. The van der Waals surface area contributed by atoms with Crippen LogP contribution in [-0.2, 0) is 21.4 Å². The Kier molecular flexibility index (Phi) is 5.59. The molecule has 138 valence electrons. The van der Waals surface area contributed by atoms with E-state index >= 15 is 0 Å². The Bertz CT molecular complexity index is 754. The molecule has 1 heterocycles. The number of rotatable bonds is 8. The maximum Gasteiger partial charge on any atom is 0.305 e. The Balaban J connectivity index is 1.77. The fraction of sp³-hybridized carbons (Fsp3) is 0.381. The standard InChI is InChI=1S/C21H25NO4/c1-22-14-21(15-22,17-5-3-2-4-6-17)18-13-16(7-8-19(18)23)9-11-26-12-10-20(24)25/h2-8,13,23H,9-12,14-15H2,1H3,(H,24,25). The highest BCUT2D eigenvalue weighted by molar-refractivity contribution is 5.66. The number of aromatic hydroxyl groups is 1. The van der Waals surface area contributed by atoms with E-state index in [1.807, 2.05) is 24.3 Å². The Morgan fingerprint density at radius 3 is 2.54 bits per heavy atom. The van der Waals surface area contributed by atoms with Gasteiger partial charge in [0.25, 0.3) is 0 Å². The summed E-state index contributed by atoms with van der Waals surface area (Å²) >= 11 is 0. The van der Waals surface area contributed by atoms with Crippen molar-refractivity contribution in [3.05, 3.63) is 65.2 Å². The first-order valence-electron chi connectivity index (χ1n) is 8.87. The predicted octanol–water partition coefficient (Wildman–Crippen LogP) is 2.66. The van der Waals surface area contributed by atoms with Crippen molar-refractivity contribution in [2.45, 2.75) is 18.3 Å². The Morgan fingerprint density at radius 2 is 1.88 bits per heavy atom. The highest BCUT2D eigenvalue weighted by atomic mass is 16.5. The Labute approximate surface area is 153 Å². The number of nitrogens with zero attached hydrogens (tertiary/aromatic N) is 1. The minimum Gasteiger partial charge on any atom is -0.508 e. The van der Waals surface area contributed by atoms with E-state index in [-0.39, 0.29) is 18.4 Å². The molecule has 2 aromatic carbocycles. The smallest absolute Gasteiger partial charge is 0.305 e. The second kappa shape index (κ2) is 7.89. The zero-order valence-electron chi connectivity index (χ0n) is 15.0. The molecule has 0 spiro atoms. The van der Waals surface area contributed by atoms with Gasteiger partial charge >= 0.3 is 5.97 Å². The zero-order chi connectivity index (χ0) is 18.6. The molecule has 1 saturated heterocycles. The van der Waals surface area contributed by atoms with Crippen LogP contribution in [0.15, 0.2) is 48.5 Å². The molecule has 0 aliphatic carbocycles. The zero-order valence-corrected chi connectivity index (χ0v) is 15.0. The average Bonchev–Trinajstić information content (AvgIpc) is 2.60. The van der Waals surface area contributed by atoms with E-state index in [0.717, 1.165) is 24.2 Å². The summed E-state index contributed by atoms with van der Waals surface area (Å²) in [7, 11) is 2.08. The molecule has 0 amide bonds. The van der Waals surface area contributed by atoms with E-state index in [9.17, 15) is 9.90 Å². The maximum atomic E-state index is 10.5. The van der Waals surface area contributed by atoms with Gasteiger partial charge in [-0.3, -0.25) is 4.79 Å². The third-order valence-corrected chi connectivity index (χ3v) is 4.98. The van der Waals surface area contributed by atoms with E-state index in [2.05, 4.69) is 30.1 Å². The summed E-state index contributed by atoms with van der Waals surface area (Å²) in [4.78, 5) is 12.8. The van der Waals surface area contributed by atoms with Crippen LogP contribution in [0.3, 0.4) is 0 Å². The van der Waals surface area contributed by atoms with Crippen molar-refractivity contribution in [2.75, 3.05) is 33.4 Å². The number of carboxylic acid groups (broad SMARTS) is 1. The minimum absolute atomic E-state index is 0.0181. The normalized spacial score (nSPS) is 16.2.